The summed E-state index contributed by atoms with van der Waals surface area (Å²) in [5.41, 5.74) is 8.45. The van der Waals surface area contributed by atoms with Crippen molar-refractivity contribution in [3.8, 4) is 0 Å². The van der Waals surface area contributed by atoms with E-state index in [1.165, 1.54) is 11.8 Å². The van der Waals surface area contributed by atoms with Crippen molar-refractivity contribution < 1.29 is 8.42 Å². The fraction of sp³-hybridized carbons (Fsp3) is 0.600. The van der Waals surface area contributed by atoms with Crippen molar-refractivity contribution >= 4 is 9.84 Å². The van der Waals surface area contributed by atoms with Gasteiger partial charge in [-0.3, -0.25) is 0 Å². The van der Waals surface area contributed by atoms with Crippen LogP contribution in [0.4, 0.5) is 0 Å². The van der Waals surface area contributed by atoms with E-state index in [9.17, 15) is 8.42 Å². The minimum Gasteiger partial charge on any atom is -0.326 e. The molecule has 19 heavy (non-hydrogen) atoms. The monoisotopic (exact) mass is 283 g/mol. The molecular weight excluding hydrogens is 258 g/mol. The van der Waals surface area contributed by atoms with E-state index in [-0.39, 0.29) is 11.5 Å². The Kier molecular flexibility index (Phi) is 4.80. The van der Waals surface area contributed by atoms with Crippen LogP contribution < -0.4 is 5.73 Å². The van der Waals surface area contributed by atoms with E-state index in [2.05, 4.69) is 32.9 Å². The molecule has 0 radical (unpaired) electrons. The van der Waals surface area contributed by atoms with E-state index in [0.717, 1.165) is 5.56 Å². The average Bonchev–Trinajstić information content (AvgIpc) is 2.26. The van der Waals surface area contributed by atoms with Gasteiger partial charge in [0.2, 0.25) is 0 Å². The van der Waals surface area contributed by atoms with Gasteiger partial charge in [0, 0.05) is 12.3 Å². The Morgan fingerprint density at radius 3 is 2.00 bits per heavy atom. The smallest absolute Gasteiger partial charge is 0.151 e. The maximum Gasteiger partial charge on any atom is 0.151 e. The quantitative estimate of drug-likeness (QED) is 0.922. The van der Waals surface area contributed by atoms with Crippen molar-refractivity contribution in [1.29, 1.82) is 0 Å². The van der Waals surface area contributed by atoms with Crippen LogP contribution in [0.25, 0.3) is 0 Å². The van der Waals surface area contributed by atoms with Crippen LogP contribution in [0.3, 0.4) is 0 Å². The second-order valence-electron chi connectivity index (χ2n) is 6.35. The SMILES string of the molecule is CC(C(N)Cc1ccc(C(C)(C)C)cc1)S(C)(=O)=O. The molecule has 3 nitrogen and oxygen atoms in total. The van der Waals surface area contributed by atoms with Crippen LogP contribution in [0.2, 0.25) is 0 Å². The van der Waals surface area contributed by atoms with Crippen molar-refractivity contribution in [2.24, 2.45) is 5.73 Å². The summed E-state index contributed by atoms with van der Waals surface area (Å²) in [6.45, 7) is 8.17. The third kappa shape index (κ3) is 4.62. The molecule has 1 rings (SSSR count). The van der Waals surface area contributed by atoms with Crippen LogP contribution >= 0.6 is 0 Å². The number of sulfone groups is 1. The molecule has 1 aromatic rings. The fourth-order valence-corrected chi connectivity index (χ4v) is 2.63. The molecule has 1 aromatic carbocycles. The van der Waals surface area contributed by atoms with Crippen LogP contribution in [0.5, 0.6) is 0 Å². The molecular formula is C15H25NO2S. The minimum absolute atomic E-state index is 0.126. The third-order valence-corrected chi connectivity index (χ3v) is 5.27. The number of hydrogen-bond acceptors (Lipinski definition) is 3. The molecule has 0 aliphatic heterocycles. The largest absolute Gasteiger partial charge is 0.326 e. The second kappa shape index (κ2) is 5.63. The van der Waals surface area contributed by atoms with Gasteiger partial charge in [-0.2, -0.15) is 0 Å². The van der Waals surface area contributed by atoms with Gasteiger partial charge in [-0.05, 0) is 29.9 Å². The summed E-state index contributed by atoms with van der Waals surface area (Å²) in [5, 5.41) is -0.519. The molecule has 0 fully saturated rings. The number of nitrogens with two attached hydrogens (primary N) is 1. The molecule has 2 atom stereocenters. The maximum atomic E-state index is 11.5. The number of benzene rings is 1. The molecule has 108 valence electrons. The Labute approximate surface area is 117 Å². The normalized spacial score (nSPS) is 16.1. The molecule has 0 aromatic heterocycles. The lowest BCUT2D eigenvalue weighted by molar-refractivity contribution is 0.561. The van der Waals surface area contributed by atoms with Crippen LogP contribution in [0.15, 0.2) is 24.3 Å². The molecule has 4 heteroatoms. The molecule has 2 unspecified atom stereocenters. The zero-order valence-corrected chi connectivity index (χ0v) is 13.3. The lowest BCUT2D eigenvalue weighted by Gasteiger charge is -2.21. The van der Waals surface area contributed by atoms with Gasteiger partial charge in [0.15, 0.2) is 9.84 Å². The Balaban J connectivity index is 2.79. The van der Waals surface area contributed by atoms with Crippen LogP contribution in [0, 0.1) is 0 Å². The Bertz CT molecular complexity index is 512. The Hall–Kier alpha value is -0.870. The fourth-order valence-electron chi connectivity index (χ4n) is 1.90. The first-order valence-electron chi connectivity index (χ1n) is 6.55. The molecule has 2 N–H and O–H groups in total. The van der Waals surface area contributed by atoms with Crippen LogP contribution in [0.1, 0.15) is 38.8 Å². The van der Waals surface area contributed by atoms with Gasteiger partial charge in [-0.25, -0.2) is 8.42 Å². The lowest BCUT2D eigenvalue weighted by atomic mass is 9.86. The Morgan fingerprint density at radius 2 is 1.63 bits per heavy atom. The topological polar surface area (TPSA) is 60.2 Å². The predicted octanol–water partition coefficient (Wildman–Crippen LogP) is 2.29. The van der Waals surface area contributed by atoms with Gasteiger partial charge in [-0.15, -0.1) is 0 Å². The first kappa shape index (κ1) is 16.2. The molecule has 0 amide bonds. The van der Waals surface area contributed by atoms with Crippen LogP contribution in [-0.4, -0.2) is 26.0 Å². The third-order valence-electron chi connectivity index (χ3n) is 3.57. The molecule has 0 saturated carbocycles. The summed E-state index contributed by atoms with van der Waals surface area (Å²) in [5.74, 6) is 0. The predicted molar refractivity (Wildman–Crippen MR) is 81.1 cm³/mol. The van der Waals surface area contributed by atoms with E-state index in [0.29, 0.717) is 6.42 Å². The van der Waals surface area contributed by atoms with Gasteiger partial charge in [0.25, 0.3) is 0 Å². The van der Waals surface area contributed by atoms with Crippen molar-refractivity contribution in [2.45, 2.75) is 50.8 Å². The molecule has 0 aliphatic carbocycles. The van der Waals surface area contributed by atoms with Crippen LogP contribution in [-0.2, 0) is 21.7 Å². The van der Waals surface area contributed by atoms with E-state index in [1.807, 2.05) is 12.1 Å². The zero-order valence-electron chi connectivity index (χ0n) is 12.5. The van der Waals surface area contributed by atoms with Gasteiger partial charge in [-0.1, -0.05) is 45.0 Å². The van der Waals surface area contributed by atoms with Crippen molar-refractivity contribution in [3.63, 3.8) is 0 Å². The van der Waals surface area contributed by atoms with Gasteiger partial charge >= 0.3 is 0 Å². The maximum absolute atomic E-state index is 11.5. The highest BCUT2D eigenvalue weighted by molar-refractivity contribution is 7.91. The van der Waals surface area contributed by atoms with E-state index < -0.39 is 15.1 Å². The summed E-state index contributed by atoms with van der Waals surface area (Å²) < 4.78 is 22.9. The van der Waals surface area contributed by atoms with Gasteiger partial charge in [0.05, 0.1) is 5.25 Å². The number of rotatable bonds is 4. The summed E-state index contributed by atoms with van der Waals surface area (Å²) >= 11 is 0. The summed E-state index contributed by atoms with van der Waals surface area (Å²) in [6.07, 6.45) is 1.82. The molecule has 0 heterocycles. The highest BCUT2D eigenvalue weighted by Gasteiger charge is 2.23. The second-order valence-corrected chi connectivity index (χ2v) is 8.75. The van der Waals surface area contributed by atoms with Gasteiger partial charge < -0.3 is 5.73 Å². The first-order valence-corrected chi connectivity index (χ1v) is 8.51. The zero-order chi connectivity index (χ0) is 14.8. The summed E-state index contributed by atoms with van der Waals surface area (Å²) in [6, 6.07) is 7.89. The van der Waals surface area contributed by atoms with E-state index >= 15 is 0 Å². The lowest BCUT2D eigenvalue weighted by Crippen LogP contribution is -2.39. The first-order chi connectivity index (χ1) is 8.51. The van der Waals surface area contributed by atoms with Crippen molar-refractivity contribution in [1.82, 2.24) is 0 Å². The molecule has 0 saturated heterocycles. The highest BCUT2D eigenvalue weighted by Crippen LogP contribution is 2.22. The van der Waals surface area contributed by atoms with Crippen molar-refractivity contribution in [3.05, 3.63) is 35.4 Å². The average molecular weight is 283 g/mol. The summed E-state index contributed by atoms with van der Waals surface area (Å²) in [7, 11) is -3.08. The molecule has 0 spiro atoms. The summed E-state index contributed by atoms with van der Waals surface area (Å²) in [4.78, 5) is 0. The van der Waals surface area contributed by atoms with Gasteiger partial charge in [0.1, 0.15) is 0 Å². The number of hydrogen-bond donors (Lipinski definition) is 1. The molecule has 0 aliphatic rings. The Morgan fingerprint density at radius 1 is 1.16 bits per heavy atom. The standard InChI is InChI=1S/C15H25NO2S/c1-11(19(5,17)18)14(16)10-12-6-8-13(9-7-12)15(2,3)4/h6-9,11,14H,10,16H2,1-5H3. The van der Waals surface area contributed by atoms with Crippen molar-refractivity contribution in [2.75, 3.05) is 6.26 Å². The molecule has 0 bridgehead atoms. The van der Waals surface area contributed by atoms with E-state index in [4.69, 9.17) is 5.73 Å². The minimum atomic E-state index is -3.08. The highest BCUT2D eigenvalue weighted by atomic mass is 32.2. The van der Waals surface area contributed by atoms with E-state index in [1.54, 1.807) is 6.92 Å².